The van der Waals surface area contributed by atoms with Crippen molar-refractivity contribution in [1.82, 2.24) is 10.2 Å². The summed E-state index contributed by atoms with van der Waals surface area (Å²) in [7, 11) is -2.89. The molecule has 2 fully saturated rings. The van der Waals surface area contributed by atoms with Crippen LogP contribution in [0.3, 0.4) is 0 Å². The van der Waals surface area contributed by atoms with Crippen LogP contribution in [-0.4, -0.2) is 67.9 Å². The number of carbonyl (C=O) groups is 1. The Morgan fingerprint density at radius 2 is 1.83 bits per heavy atom. The third-order valence-corrected chi connectivity index (χ3v) is 6.39. The average molecular weight is 292 g/mol. The van der Waals surface area contributed by atoms with Crippen LogP contribution in [0.5, 0.6) is 0 Å². The minimum absolute atomic E-state index is 0.0911. The Hall–Kier alpha value is -0.270. The molecule has 0 aromatic carbocycles. The Morgan fingerprint density at radius 3 is 2.44 bits per heavy atom. The minimum atomic E-state index is -2.89. The standard InChI is InChI=1S/C11H20N2O3S2/c14-11(9-17-10-1-3-12-4-2-10)13-5-7-18(15,16)8-6-13/h10,12H,1-9H2. The maximum absolute atomic E-state index is 11.9. The summed E-state index contributed by atoms with van der Waals surface area (Å²) >= 11 is 1.72. The number of nitrogens with one attached hydrogen (secondary N) is 1. The maximum atomic E-state index is 11.9. The van der Waals surface area contributed by atoms with Gasteiger partial charge >= 0.3 is 0 Å². The Kier molecular flexibility index (Phi) is 4.91. The van der Waals surface area contributed by atoms with Crippen LogP contribution in [0.2, 0.25) is 0 Å². The first-order chi connectivity index (χ1) is 8.57. The van der Waals surface area contributed by atoms with Crippen LogP contribution >= 0.6 is 11.8 Å². The van der Waals surface area contributed by atoms with Crippen molar-refractivity contribution in [1.29, 1.82) is 0 Å². The maximum Gasteiger partial charge on any atom is 0.232 e. The van der Waals surface area contributed by atoms with E-state index in [9.17, 15) is 13.2 Å². The van der Waals surface area contributed by atoms with Gasteiger partial charge in [-0.3, -0.25) is 4.79 Å². The number of hydrogen-bond acceptors (Lipinski definition) is 5. The van der Waals surface area contributed by atoms with E-state index in [4.69, 9.17) is 0 Å². The second-order valence-electron chi connectivity index (χ2n) is 4.79. The van der Waals surface area contributed by atoms with Crippen LogP contribution in [0.1, 0.15) is 12.8 Å². The molecule has 2 saturated heterocycles. The molecule has 0 bridgehead atoms. The van der Waals surface area contributed by atoms with Crippen LogP contribution in [0.4, 0.5) is 0 Å². The molecule has 0 aliphatic carbocycles. The van der Waals surface area contributed by atoms with Gasteiger partial charge in [0.25, 0.3) is 0 Å². The highest BCUT2D eigenvalue weighted by Gasteiger charge is 2.25. The summed E-state index contributed by atoms with van der Waals surface area (Å²) < 4.78 is 22.5. The molecule has 2 rings (SSSR count). The van der Waals surface area contributed by atoms with E-state index in [1.54, 1.807) is 16.7 Å². The predicted octanol–water partition coefficient (Wildman–Crippen LogP) is -0.271. The molecule has 0 radical (unpaired) electrons. The molecule has 1 amide bonds. The van der Waals surface area contributed by atoms with E-state index in [0.717, 1.165) is 25.9 Å². The zero-order valence-electron chi connectivity index (χ0n) is 10.4. The van der Waals surface area contributed by atoms with Gasteiger partial charge in [-0.25, -0.2) is 8.42 Å². The van der Waals surface area contributed by atoms with Crippen molar-refractivity contribution in [3.8, 4) is 0 Å². The van der Waals surface area contributed by atoms with E-state index >= 15 is 0 Å². The molecule has 7 heteroatoms. The number of nitrogens with zero attached hydrogens (tertiary/aromatic N) is 1. The largest absolute Gasteiger partial charge is 0.340 e. The summed E-state index contributed by atoms with van der Waals surface area (Å²) in [5.74, 6) is 0.825. The zero-order valence-corrected chi connectivity index (χ0v) is 12.1. The third kappa shape index (κ3) is 4.13. The van der Waals surface area contributed by atoms with Crippen molar-refractivity contribution < 1.29 is 13.2 Å². The number of rotatable bonds is 3. The second-order valence-corrected chi connectivity index (χ2v) is 8.39. The van der Waals surface area contributed by atoms with Crippen molar-refractivity contribution in [2.75, 3.05) is 43.4 Å². The van der Waals surface area contributed by atoms with Crippen molar-refractivity contribution in [3.63, 3.8) is 0 Å². The SMILES string of the molecule is O=C(CSC1CCNCC1)N1CCS(=O)(=O)CC1. The minimum Gasteiger partial charge on any atom is -0.340 e. The number of amides is 1. The molecule has 104 valence electrons. The Bertz CT molecular complexity index is 377. The molecule has 18 heavy (non-hydrogen) atoms. The van der Waals surface area contributed by atoms with Gasteiger partial charge in [-0.15, -0.1) is 11.8 Å². The molecule has 0 unspecified atom stereocenters. The average Bonchev–Trinajstić information content (AvgIpc) is 2.37. The summed E-state index contributed by atoms with van der Waals surface area (Å²) in [5, 5.41) is 3.87. The van der Waals surface area contributed by atoms with Gasteiger partial charge < -0.3 is 10.2 Å². The lowest BCUT2D eigenvalue weighted by Crippen LogP contribution is -2.44. The first kappa shape index (κ1) is 14.1. The lowest BCUT2D eigenvalue weighted by atomic mass is 10.2. The monoisotopic (exact) mass is 292 g/mol. The van der Waals surface area contributed by atoms with Gasteiger partial charge in [0.2, 0.25) is 5.91 Å². The van der Waals surface area contributed by atoms with E-state index in [0.29, 0.717) is 24.1 Å². The van der Waals surface area contributed by atoms with Crippen LogP contribution in [0.15, 0.2) is 0 Å². The van der Waals surface area contributed by atoms with E-state index in [-0.39, 0.29) is 17.4 Å². The predicted molar refractivity (Wildman–Crippen MR) is 73.6 cm³/mol. The lowest BCUT2D eigenvalue weighted by molar-refractivity contribution is -0.128. The Balaban J connectivity index is 1.71. The smallest absolute Gasteiger partial charge is 0.232 e. The molecular weight excluding hydrogens is 272 g/mol. The molecule has 0 spiro atoms. The Morgan fingerprint density at radius 1 is 1.22 bits per heavy atom. The van der Waals surface area contributed by atoms with Gasteiger partial charge in [0.1, 0.15) is 0 Å². The Labute approximate surface area is 113 Å². The molecule has 0 atom stereocenters. The van der Waals surface area contributed by atoms with Gasteiger partial charge in [0.15, 0.2) is 9.84 Å². The van der Waals surface area contributed by atoms with Crippen LogP contribution in [-0.2, 0) is 14.6 Å². The quantitative estimate of drug-likeness (QED) is 0.775. The van der Waals surface area contributed by atoms with E-state index in [2.05, 4.69) is 5.32 Å². The van der Waals surface area contributed by atoms with Crippen molar-refractivity contribution in [2.24, 2.45) is 0 Å². The molecule has 0 saturated carbocycles. The van der Waals surface area contributed by atoms with Gasteiger partial charge in [-0.05, 0) is 25.9 Å². The number of carbonyl (C=O) groups excluding carboxylic acids is 1. The van der Waals surface area contributed by atoms with Gasteiger partial charge in [-0.2, -0.15) is 0 Å². The lowest BCUT2D eigenvalue weighted by Gasteiger charge is -2.28. The van der Waals surface area contributed by atoms with Gasteiger partial charge in [0, 0.05) is 18.3 Å². The van der Waals surface area contributed by atoms with Gasteiger partial charge in [-0.1, -0.05) is 0 Å². The summed E-state index contributed by atoms with van der Waals surface area (Å²) in [6.45, 7) is 2.81. The van der Waals surface area contributed by atoms with Crippen LogP contribution in [0, 0.1) is 0 Å². The van der Waals surface area contributed by atoms with Crippen molar-refractivity contribution >= 4 is 27.5 Å². The van der Waals surface area contributed by atoms with Crippen molar-refractivity contribution in [3.05, 3.63) is 0 Å². The molecular formula is C11H20N2O3S2. The van der Waals surface area contributed by atoms with E-state index < -0.39 is 9.84 Å². The third-order valence-electron chi connectivity index (χ3n) is 3.43. The molecule has 2 aliphatic rings. The van der Waals surface area contributed by atoms with Crippen LogP contribution < -0.4 is 5.32 Å². The fourth-order valence-electron chi connectivity index (χ4n) is 2.20. The molecule has 2 heterocycles. The highest BCUT2D eigenvalue weighted by Crippen LogP contribution is 2.20. The van der Waals surface area contributed by atoms with Gasteiger partial charge in [0.05, 0.1) is 17.3 Å². The van der Waals surface area contributed by atoms with Crippen LogP contribution in [0.25, 0.3) is 0 Å². The molecule has 0 aromatic heterocycles. The molecule has 1 N–H and O–H groups in total. The first-order valence-corrected chi connectivity index (χ1v) is 9.24. The second kappa shape index (κ2) is 6.25. The van der Waals surface area contributed by atoms with E-state index in [1.807, 2.05) is 0 Å². The summed E-state index contributed by atoms with van der Waals surface area (Å²) in [5.41, 5.74) is 0. The number of sulfone groups is 1. The molecule has 2 aliphatic heterocycles. The van der Waals surface area contributed by atoms with Crippen molar-refractivity contribution in [2.45, 2.75) is 18.1 Å². The molecule has 0 aromatic rings. The van der Waals surface area contributed by atoms with E-state index in [1.165, 1.54) is 0 Å². The summed E-state index contributed by atoms with van der Waals surface area (Å²) in [6, 6.07) is 0. The molecule has 5 nitrogen and oxygen atoms in total. The summed E-state index contributed by atoms with van der Waals surface area (Å²) in [4.78, 5) is 13.6. The fraction of sp³-hybridized carbons (Fsp3) is 0.909. The topological polar surface area (TPSA) is 66.5 Å². The highest BCUT2D eigenvalue weighted by molar-refractivity contribution is 8.00. The normalized spacial score (nSPS) is 25.0. The number of piperidine rings is 1. The highest BCUT2D eigenvalue weighted by atomic mass is 32.2. The summed E-state index contributed by atoms with van der Waals surface area (Å²) in [6.07, 6.45) is 2.23. The number of hydrogen-bond donors (Lipinski definition) is 1. The number of thioether (sulfide) groups is 1. The zero-order chi connectivity index (χ0) is 13.0. The first-order valence-electron chi connectivity index (χ1n) is 6.37. The fourth-order valence-corrected chi connectivity index (χ4v) is 4.54.